The van der Waals surface area contributed by atoms with Crippen molar-refractivity contribution < 1.29 is 14.3 Å². The van der Waals surface area contributed by atoms with E-state index in [1.165, 1.54) is 6.42 Å². The van der Waals surface area contributed by atoms with Gasteiger partial charge in [-0.3, -0.25) is 4.79 Å². The second kappa shape index (κ2) is 4.22. The Morgan fingerprint density at radius 3 is 2.73 bits per heavy atom. The topological polar surface area (TPSA) is 35.5 Å². The van der Waals surface area contributed by atoms with Crippen LogP contribution < -0.4 is 0 Å². The lowest BCUT2D eigenvalue weighted by molar-refractivity contribution is -0.130. The van der Waals surface area contributed by atoms with Crippen molar-refractivity contribution in [3.8, 4) is 0 Å². The molecule has 3 nitrogen and oxygen atoms in total. The maximum atomic E-state index is 11.9. The third-order valence-corrected chi connectivity index (χ3v) is 3.43. The van der Waals surface area contributed by atoms with Crippen molar-refractivity contribution in [2.45, 2.75) is 51.2 Å². The summed E-state index contributed by atoms with van der Waals surface area (Å²) in [6, 6.07) is 0. The van der Waals surface area contributed by atoms with Crippen molar-refractivity contribution in [3.05, 3.63) is 0 Å². The van der Waals surface area contributed by atoms with Gasteiger partial charge in [-0.05, 0) is 39.5 Å². The van der Waals surface area contributed by atoms with Gasteiger partial charge in [0.25, 0.3) is 0 Å². The largest absolute Gasteiger partial charge is 0.378 e. The highest BCUT2D eigenvalue weighted by Crippen LogP contribution is 2.30. The van der Waals surface area contributed by atoms with Crippen molar-refractivity contribution >= 4 is 5.78 Å². The monoisotopic (exact) mass is 212 g/mol. The molecule has 15 heavy (non-hydrogen) atoms. The molecule has 2 aliphatic heterocycles. The van der Waals surface area contributed by atoms with Crippen molar-refractivity contribution in [1.82, 2.24) is 0 Å². The van der Waals surface area contributed by atoms with Crippen LogP contribution in [0.15, 0.2) is 0 Å². The zero-order chi connectivity index (χ0) is 10.9. The predicted octanol–water partition coefficient (Wildman–Crippen LogP) is 1.94. The minimum absolute atomic E-state index is 0.0584. The van der Waals surface area contributed by atoms with Gasteiger partial charge in [-0.15, -0.1) is 0 Å². The third-order valence-electron chi connectivity index (χ3n) is 3.43. The fourth-order valence-electron chi connectivity index (χ4n) is 2.43. The highest BCUT2D eigenvalue weighted by Gasteiger charge is 2.42. The summed E-state index contributed by atoms with van der Waals surface area (Å²) in [5.74, 6) is 0.305. The molecule has 2 rings (SSSR count). The van der Waals surface area contributed by atoms with E-state index in [1.54, 1.807) is 0 Å². The third kappa shape index (κ3) is 2.40. The van der Waals surface area contributed by atoms with Crippen LogP contribution in [0.1, 0.15) is 39.5 Å². The van der Waals surface area contributed by atoms with Crippen LogP contribution >= 0.6 is 0 Å². The molecule has 3 heteroatoms. The average molecular weight is 212 g/mol. The summed E-state index contributed by atoms with van der Waals surface area (Å²) in [5, 5.41) is 0. The van der Waals surface area contributed by atoms with E-state index in [-0.39, 0.29) is 17.8 Å². The number of ketones is 1. The lowest BCUT2D eigenvalue weighted by Crippen LogP contribution is -2.32. The Hall–Kier alpha value is -0.410. The Balaban J connectivity index is 1.87. The molecule has 0 aromatic rings. The van der Waals surface area contributed by atoms with Gasteiger partial charge in [-0.2, -0.15) is 0 Å². The van der Waals surface area contributed by atoms with Crippen LogP contribution in [0.3, 0.4) is 0 Å². The van der Waals surface area contributed by atoms with Crippen LogP contribution in [-0.2, 0) is 14.3 Å². The summed E-state index contributed by atoms with van der Waals surface area (Å²) in [7, 11) is 0. The fourth-order valence-corrected chi connectivity index (χ4v) is 2.43. The maximum Gasteiger partial charge on any atom is 0.169 e. The van der Waals surface area contributed by atoms with Crippen LogP contribution in [0, 0.1) is 5.92 Å². The molecule has 0 aliphatic carbocycles. The number of ether oxygens (including phenoxy) is 2. The Kier molecular flexibility index (Phi) is 3.12. The zero-order valence-electron chi connectivity index (χ0n) is 9.62. The van der Waals surface area contributed by atoms with E-state index in [1.807, 2.05) is 13.8 Å². The van der Waals surface area contributed by atoms with E-state index in [0.717, 1.165) is 25.9 Å². The Morgan fingerprint density at radius 1 is 1.40 bits per heavy atom. The molecule has 86 valence electrons. The van der Waals surface area contributed by atoms with Crippen molar-refractivity contribution in [3.63, 3.8) is 0 Å². The molecule has 2 saturated heterocycles. The standard InChI is InChI=1S/C12H20O3/c1-12(2)11(13)9(8-15-12)7-10-5-3-4-6-14-10/h9-10H,3-8H2,1-2H3. The van der Waals surface area contributed by atoms with E-state index >= 15 is 0 Å². The lowest BCUT2D eigenvalue weighted by atomic mass is 9.90. The number of carbonyl (C=O) groups excluding carboxylic acids is 1. The van der Waals surface area contributed by atoms with Gasteiger partial charge < -0.3 is 9.47 Å². The summed E-state index contributed by atoms with van der Waals surface area (Å²) in [4.78, 5) is 11.9. The number of carbonyl (C=O) groups is 1. The molecule has 2 atom stereocenters. The molecular weight excluding hydrogens is 192 g/mol. The molecule has 0 saturated carbocycles. The van der Waals surface area contributed by atoms with E-state index in [9.17, 15) is 4.79 Å². The second-order valence-electron chi connectivity index (χ2n) is 5.11. The van der Waals surface area contributed by atoms with Crippen molar-refractivity contribution in [2.75, 3.05) is 13.2 Å². The number of Topliss-reactive ketones (excluding diaryl/α,β-unsaturated/α-hetero) is 1. The Labute approximate surface area is 91.1 Å². The van der Waals surface area contributed by atoms with Gasteiger partial charge in [0.1, 0.15) is 5.60 Å². The van der Waals surface area contributed by atoms with Gasteiger partial charge in [0, 0.05) is 12.5 Å². The molecule has 0 bridgehead atoms. The molecule has 2 unspecified atom stereocenters. The van der Waals surface area contributed by atoms with E-state index in [4.69, 9.17) is 9.47 Å². The molecular formula is C12H20O3. The number of hydrogen-bond donors (Lipinski definition) is 0. The van der Waals surface area contributed by atoms with Gasteiger partial charge in [0.05, 0.1) is 12.7 Å². The quantitative estimate of drug-likeness (QED) is 0.701. The molecule has 0 aromatic heterocycles. The van der Waals surface area contributed by atoms with Crippen LogP contribution in [-0.4, -0.2) is 30.7 Å². The molecule has 0 amide bonds. The minimum atomic E-state index is -0.570. The highest BCUT2D eigenvalue weighted by atomic mass is 16.5. The van der Waals surface area contributed by atoms with Crippen LogP contribution in [0.25, 0.3) is 0 Å². The van der Waals surface area contributed by atoms with Gasteiger partial charge in [-0.25, -0.2) is 0 Å². The van der Waals surface area contributed by atoms with Crippen LogP contribution in [0.5, 0.6) is 0 Å². The first kappa shape index (κ1) is 11.1. The SMILES string of the molecule is CC1(C)OCC(CC2CCCCO2)C1=O. The van der Waals surface area contributed by atoms with E-state index < -0.39 is 5.60 Å². The Bertz CT molecular complexity index is 241. The zero-order valence-corrected chi connectivity index (χ0v) is 9.62. The summed E-state index contributed by atoms with van der Waals surface area (Å²) in [6.45, 7) is 5.15. The summed E-state index contributed by atoms with van der Waals surface area (Å²) in [5.41, 5.74) is -0.570. The summed E-state index contributed by atoms with van der Waals surface area (Å²) >= 11 is 0. The predicted molar refractivity (Wildman–Crippen MR) is 56.7 cm³/mol. The molecule has 0 spiro atoms. The second-order valence-corrected chi connectivity index (χ2v) is 5.11. The smallest absolute Gasteiger partial charge is 0.169 e. The Morgan fingerprint density at radius 2 is 2.20 bits per heavy atom. The number of hydrogen-bond acceptors (Lipinski definition) is 3. The van der Waals surface area contributed by atoms with Crippen molar-refractivity contribution in [1.29, 1.82) is 0 Å². The first-order chi connectivity index (χ1) is 7.09. The summed E-state index contributed by atoms with van der Waals surface area (Å²) < 4.78 is 11.2. The van der Waals surface area contributed by atoms with Gasteiger partial charge in [0.15, 0.2) is 5.78 Å². The van der Waals surface area contributed by atoms with Gasteiger partial charge in [-0.1, -0.05) is 0 Å². The van der Waals surface area contributed by atoms with E-state index in [0.29, 0.717) is 6.61 Å². The first-order valence-corrected chi connectivity index (χ1v) is 5.89. The molecule has 0 aromatic carbocycles. The molecule has 0 N–H and O–H groups in total. The summed E-state index contributed by atoms with van der Waals surface area (Å²) in [6.07, 6.45) is 4.63. The first-order valence-electron chi connectivity index (χ1n) is 5.89. The molecule has 2 fully saturated rings. The van der Waals surface area contributed by atoms with Gasteiger partial charge >= 0.3 is 0 Å². The van der Waals surface area contributed by atoms with Crippen LogP contribution in [0.4, 0.5) is 0 Å². The molecule has 2 heterocycles. The normalized spacial score (nSPS) is 35.7. The van der Waals surface area contributed by atoms with E-state index in [2.05, 4.69) is 0 Å². The maximum absolute atomic E-state index is 11.9. The molecule has 2 aliphatic rings. The highest BCUT2D eigenvalue weighted by molar-refractivity contribution is 5.90. The van der Waals surface area contributed by atoms with Crippen molar-refractivity contribution in [2.24, 2.45) is 5.92 Å². The molecule has 0 radical (unpaired) electrons. The number of rotatable bonds is 2. The van der Waals surface area contributed by atoms with Gasteiger partial charge in [0.2, 0.25) is 0 Å². The average Bonchev–Trinajstić information content (AvgIpc) is 2.47. The minimum Gasteiger partial charge on any atom is -0.378 e. The lowest BCUT2D eigenvalue weighted by Gasteiger charge is -2.24. The fraction of sp³-hybridized carbons (Fsp3) is 0.917. The van der Waals surface area contributed by atoms with Crippen LogP contribution in [0.2, 0.25) is 0 Å².